The quantitative estimate of drug-likeness (QED) is 0.474. The zero-order valence-corrected chi connectivity index (χ0v) is 15.7. The van der Waals surface area contributed by atoms with Crippen LogP contribution in [0.4, 0.5) is 27.6 Å². The Morgan fingerprint density at radius 1 is 1.06 bits per heavy atom. The lowest BCUT2D eigenvalue weighted by Crippen LogP contribution is -2.40. The summed E-state index contributed by atoms with van der Waals surface area (Å²) in [6, 6.07) is 2.23. The van der Waals surface area contributed by atoms with Gasteiger partial charge in [0.15, 0.2) is 0 Å². The van der Waals surface area contributed by atoms with Crippen LogP contribution in [-0.4, -0.2) is 53.2 Å². The minimum Gasteiger partial charge on any atom is -0.481 e. The van der Waals surface area contributed by atoms with Gasteiger partial charge in [-0.1, -0.05) is 0 Å². The van der Waals surface area contributed by atoms with E-state index in [0.29, 0.717) is 13.0 Å². The molecule has 2 aliphatic heterocycles. The summed E-state index contributed by atoms with van der Waals surface area (Å²) in [5.41, 5.74) is -0.0949. The molecule has 0 saturated carbocycles. The fraction of sp³-hybridized carbons (Fsp3) is 0.444. The van der Waals surface area contributed by atoms with Gasteiger partial charge >= 0.3 is 18.1 Å². The second kappa shape index (κ2) is 9.27. The summed E-state index contributed by atoms with van der Waals surface area (Å²) in [6.45, 7) is 0.583. The Labute approximate surface area is 171 Å². The largest absolute Gasteiger partial charge is 0.490 e. The maximum Gasteiger partial charge on any atom is 0.490 e. The van der Waals surface area contributed by atoms with Crippen LogP contribution in [0.2, 0.25) is 0 Å². The van der Waals surface area contributed by atoms with Crippen molar-refractivity contribution in [3.63, 3.8) is 0 Å². The molecule has 2 atom stereocenters. The molecule has 0 radical (unpaired) electrons. The molecule has 2 amide bonds. The molecule has 13 heteroatoms. The average molecular weight is 452 g/mol. The van der Waals surface area contributed by atoms with Gasteiger partial charge in [0, 0.05) is 30.8 Å². The first kappa shape index (κ1) is 24.0. The maximum absolute atomic E-state index is 14.4. The van der Waals surface area contributed by atoms with Gasteiger partial charge in [0.05, 0.1) is 11.8 Å². The number of imide groups is 1. The lowest BCUT2D eigenvalue weighted by Gasteiger charge is -2.24. The summed E-state index contributed by atoms with van der Waals surface area (Å²) in [6.07, 6.45) is -4.58. The summed E-state index contributed by atoms with van der Waals surface area (Å²) >= 11 is 0. The van der Waals surface area contributed by atoms with Crippen LogP contribution in [0.3, 0.4) is 0 Å². The number of alkyl halides is 3. The number of nitrogens with zero attached hydrogens (tertiary/aromatic N) is 1. The van der Waals surface area contributed by atoms with E-state index < -0.39 is 53.4 Å². The highest BCUT2D eigenvalue weighted by atomic mass is 19.4. The van der Waals surface area contributed by atoms with Crippen molar-refractivity contribution < 1.29 is 51.3 Å². The Kier molecular flexibility index (Phi) is 7.18. The van der Waals surface area contributed by atoms with E-state index in [4.69, 9.17) is 15.0 Å². The number of rotatable bonds is 3. The molecule has 2 fully saturated rings. The van der Waals surface area contributed by atoms with Crippen LogP contribution in [0, 0.1) is 17.6 Å². The van der Waals surface area contributed by atoms with Gasteiger partial charge in [0.25, 0.3) is 0 Å². The van der Waals surface area contributed by atoms with Gasteiger partial charge < -0.3 is 15.1 Å². The van der Waals surface area contributed by atoms with Gasteiger partial charge in [-0.05, 0) is 25.0 Å². The molecule has 8 nitrogen and oxygen atoms in total. The van der Waals surface area contributed by atoms with Crippen molar-refractivity contribution in [2.75, 3.05) is 18.0 Å². The van der Waals surface area contributed by atoms with Gasteiger partial charge in [-0.25, -0.2) is 13.6 Å². The second-order valence-electron chi connectivity index (χ2n) is 6.90. The van der Waals surface area contributed by atoms with Crippen LogP contribution in [0.15, 0.2) is 12.1 Å². The standard InChI is InChI=1S/C16H16F2N2O4.C2HF3O2/c17-11-5-9(20-4-3-8(7-20)16(23)24)6-12(18)14(11)10-1-2-13(21)19-15(10)22;3-2(4,5)1(6)7/h5-6,8,10H,1-4,7H2,(H,23,24)(H,19,21,22);(H,6,7)/t8-,10+;/m1./s1. The predicted molar refractivity (Wildman–Crippen MR) is 93.1 cm³/mol. The number of hydrogen-bond donors (Lipinski definition) is 3. The highest BCUT2D eigenvalue weighted by Crippen LogP contribution is 2.33. The number of nitrogens with one attached hydrogen (secondary N) is 1. The summed E-state index contributed by atoms with van der Waals surface area (Å²) in [5.74, 6) is -8.18. The Hall–Kier alpha value is -3.25. The molecule has 0 bridgehead atoms. The van der Waals surface area contributed by atoms with E-state index in [1.54, 1.807) is 4.90 Å². The zero-order valence-electron chi connectivity index (χ0n) is 15.7. The molecule has 170 valence electrons. The van der Waals surface area contributed by atoms with Crippen molar-refractivity contribution >= 4 is 29.4 Å². The smallest absolute Gasteiger partial charge is 0.481 e. The molecule has 3 rings (SSSR count). The summed E-state index contributed by atoms with van der Waals surface area (Å²) in [5, 5.41) is 18.2. The van der Waals surface area contributed by atoms with E-state index in [1.807, 2.05) is 0 Å². The molecule has 2 aliphatic rings. The van der Waals surface area contributed by atoms with E-state index in [9.17, 15) is 36.3 Å². The van der Waals surface area contributed by atoms with E-state index in [1.165, 1.54) is 0 Å². The van der Waals surface area contributed by atoms with Gasteiger partial charge in [-0.15, -0.1) is 0 Å². The number of piperidine rings is 1. The van der Waals surface area contributed by atoms with Crippen molar-refractivity contribution in [2.45, 2.75) is 31.4 Å². The zero-order chi connectivity index (χ0) is 23.5. The predicted octanol–water partition coefficient (Wildman–Crippen LogP) is 2.03. The first-order valence-corrected chi connectivity index (χ1v) is 8.91. The number of aliphatic carboxylic acids is 2. The highest BCUT2D eigenvalue weighted by molar-refractivity contribution is 6.01. The Morgan fingerprint density at radius 2 is 1.61 bits per heavy atom. The molecular weight excluding hydrogens is 435 g/mol. The Bertz CT molecular complexity index is 881. The third-order valence-electron chi connectivity index (χ3n) is 4.80. The molecule has 1 aromatic rings. The summed E-state index contributed by atoms with van der Waals surface area (Å²) < 4.78 is 60.6. The fourth-order valence-electron chi connectivity index (χ4n) is 3.25. The van der Waals surface area contributed by atoms with Crippen LogP contribution >= 0.6 is 0 Å². The molecule has 2 saturated heterocycles. The minimum absolute atomic E-state index is 0.0312. The first-order chi connectivity index (χ1) is 14.3. The van der Waals surface area contributed by atoms with Crippen LogP contribution in [-0.2, 0) is 19.2 Å². The van der Waals surface area contributed by atoms with E-state index in [-0.39, 0.29) is 30.6 Å². The lowest BCUT2D eigenvalue weighted by molar-refractivity contribution is -0.192. The fourth-order valence-corrected chi connectivity index (χ4v) is 3.25. The van der Waals surface area contributed by atoms with Crippen LogP contribution in [0.1, 0.15) is 30.7 Å². The van der Waals surface area contributed by atoms with E-state index in [0.717, 1.165) is 12.1 Å². The maximum atomic E-state index is 14.4. The molecule has 0 unspecified atom stereocenters. The highest BCUT2D eigenvalue weighted by Gasteiger charge is 2.38. The Morgan fingerprint density at radius 3 is 2.03 bits per heavy atom. The molecule has 0 aliphatic carbocycles. The molecular formula is C18H17F5N2O6. The topological polar surface area (TPSA) is 124 Å². The van der Waals surface area contributed by atoms with Crippen molar-refractivity contribution in [2.24, 2.45) is 5.92 Å². The number of amides is 2. The van der Waals surface area contributed by atoms with Crippen molar-refractivity contribution in [1.29, 1.82) is 0 Å². The summed E-state index contributed by atoms with van der Waals surface area (Å²) in [4.78, 5) is 44.5. The number of carboxylic acid groups (broad SMARTS) is 2. The van der Waals surface area contributed by atoms with Crippen LogP contribution in [0.25, 0.3) is 0 Å². The van der Waals surface area contributed by atoms with Crippen molar-refractivity contribution in [1.82, 2.24) is 5.32 Å². The normalized spacial score (nSPS) is 21.3. The molecule has 3 N–H and O–H groups in total. The van der Waals surface area contributed by atoms with Gasteiger partial charge in [0.1, 0.15) is 11.6 Å². The Balaban J connectivity index is 0.000000423. The number of carbonyl (C=O) groups is 4. The second-order valence-corrected chi connectivity index (χ2v) is 6.90. The number of anilines is 1. The number of carboxylic acids is 2. The van der Waals surface area contributed by atoms with Crippen LogP contribution in [0.5, 0.6) is 0 Å². The van der Waals surface area contributed by atoms with E-state index >= 15 is 0 Å². The van der Waals surface area contributed by atoms with Crippen molar-refractivity contribution in [3.8, 4) is 0 Å². The molecule has 2 heterocycles. The molecule has 0 spiro atoms. The van der Waals surface area contributed by atoms with Crippen molar-refractivity contribution in [3.05, 3.63) is 29.3 Å². The third-order valence-corrected chi connectivity index (χ3v) is 4.80. The molecule has 1 aromatic carbocycles. The first-order valence-electron chi connectivity index (χ1n) is 8.91. The van der Waals surface area contributed by atoms with E-state index in [2.05, 4.69) is 5.32 Å². The monoisotopic (exact) mass is 452 g/mol. The lowest BCUT2D eigenvalue weighted by atomic mass is 9.89. The summed E-state index contributed by atoms with van der Waals surface area (Å²) in [7, 11) is 0. The van der Waals surface area contributed by atoms with Gasteiger partial charge in [-0.2, -0.15) is 13.2 Å². The molecule has 31 heavy (non-hydrogen) atoms. The van der Waals surface area contributed by atoms with Gasteiger partial charge in [0.2, 0.25) is 11.8 Å². The number of halogens is 5. The molecule has 0 aromatic heterocycles. The average Bonchev–Trinajstić information content (AvgIpc) is 3.13. The number of carbonyl (C=O) groups excluding carboxylic acids is 2. The third kappa shape index (κ3) is 5.89. The number of hydrogen-bond acceptors (Lipinski definition) is 5. The van der Waals surface area contributed by atoms with Gasteiger partial charge in [-0.3, -0.25) is 19.7 Å². The minimum atomic E-state index is -5.08. The van der Waals surface area contributed by atoms with Crippen LogP contribution < -0.4 is 10.2 Å². The number of benzene rings is 1. The SMILES string of the molecule is O=C(O)C(F)(F)F.O=C1CC[C@@H](c2c(F)cc(N3CC[C@@H](C(=O)O)C3)cc2F)C(=O)N1.